The summed E-state index contributed by atoms with van der Waals surface area (Å²) in [4.78, 5) is 25.4. The first-order chi connectivity index (χ1) is 15.1. The van der Waals surface area contributed by atoms with Crippen LogP contribution in [0.3, 0.4) is 0 Å². The first kappa shape index (κ1) is 20.9. The summed E-state index contributed by atoms with van der Waals surface area (Å²) in [7, 11) is 2.63. The van der Waals surface area contributed by atoms with E-state index in [-0.39, 0.29) is 5.92 Å². The van der Waals surface area contributed by atoms with Crippen LogP contribution in [0.5, 0.6) is 0 Å². The van der Waals surface area contributed by atoms with Gasteiger partial charge in [0.05, 0.1) is 14.2 Å². The Kier molecular flexibility index (Phi) is 5.90. The number of rotatable bonds is 5. The average Bonchev–Trinajstić information content (AvgIpc) is 2.84. The first-order valence-electron chi connectivity index (χ1n) is 10.5. The van der Waals surface area contributed by atoms with Gasteiger partial charge in [-0.3, -0.25) is 9.59 Å². The lowest BCUT2D eigenvalue weighted by molar-refractivity contribution is -0.162. The van der Waals surface area contributed by atoms with Crippen LogP contribution >= 0.6 is 0 Å². The maximum atomic E-state index is 12.7. The summed E-state index contributed by atoms with van der Waals surface area (Å²) in [6.45, 7) is 0. The summed E-state index contributed by atoms with van der Waals surface area (Å²) in [5, 5.41) is 0. The molecule has 0 N–H and O–H groups in total. The van der Waals surface area contributed by atoms with Gasteiger partial charge in [-0.1, -0.05) is 84.9 Å². The molecule has 4 rings (SSSR count). The lowest BCUT2D eigenvalue weighted by Crippen LogP contribution is -2.44. The number of carbonyl (C=O) groups is 2. The number of esters is 2. The van der Waals surface area contributed by atoms with Gasteiger partial charge in [-0.15, -0.1) is 0 Å². The minimum atomic E-state index is -0.977. The van der Waals surface area contributed by atoms with Crippen LogP contribution in [0.15, 0.2) is 84.9 Å². The molecule has 1 aliphatic rings. The van der Waals surface area contributed by atoms with E-state index in [0.717, 1.165) is 16.7 Å². The quantitative estimate of drug-likeness (QED) is 0.454. The minimum Gasteiger partial charge on any atom is -0.468 e. The molecule has 0 spiro atoms. The molecule has 0 aromatic heterocycles. The van der Waals surface area contributed by atoms with Crippen molar-refractivity contribution in [3.05, 3.63) is 107 Å². The van der Waals surface area contributed by atoms with Gasteiger partial charge in [-0.2, -0.15) is 0 Å². The molecule has 0 radical (unpaired) electrons. The molecule has 31 heavy (non-hydrogen) atoms. The van der Waals surface area contributed by atoms with Gasteiger partial charge in [-0.25, -0.2) is 0 Å². The summed E-state index contributed by atoms with van der Waals surface area (Å²) in [5.41, 5.74) is 4.10. The third-order valence-electron chi connectivity index (χ3n) is 6.44. The molecule has 3 aromatic rings. The standard InChI is InChI=1S/C27H26O4/c1-30-25(28)24(26(29)31-2)20-17-19-11-9-10-16-23(19)27(18-20,21-12-5-3-6-13-21)22-14-7-4-8-15-22/h3-16,20,24H,17-18H2,1-2H3. The Hall–Kier alpha value is -3.40. The minimum absolute atomic E-state index is 0.268. The van der Waals surface area contributed by atoms with Gasteiger partial charge in [0.1, 0.15) is 0 Å². The number of hydrogen-bond acceptors (Lipinski definition) is 4. The zero-order valence-corrected chi connectivity index (χ0v) is 17.8. The van der Waals surface area contributed by atoms with Crippen LogP contribution in [0.2, 0.25) is 0 Å². The molecular formula is C27H26O4. The van der Waals surface area contributed by atoms with Crippen LogP contribution in [-0.2, 0) is 30.9 Å². The van der Waals surface area contributed by atoms with Crippen LogP contribution in [0.1, 0.15) is 28.7 Å². The van der Waals surface area contributed by atoms with Crippen LogP contribution < -0.4 is 0 Å². The molecular weight excluding hydrogens is 388 g/mol. The first-order valence-corrected chi connectivity index (χ1v) is 10.5. The van der Waals surface area contributed by atoms with E-state index in [0.29, 0.717) is 12.8 Å². The zero-order chi connectivity index (χ0) is 21.8. The smallest absolute Gasteiger partial charge is 0.320 e. The molecule has 0 amide bonds. The highest BCUT2D eigenvalue weighted by molar-refractivity contribution is 5.95. The lowest BCUT2D eigenvalue weighted by atomic mass is 9.58. The van der Waals surface area contributed by atoms with Crippen LogP contribution in [0.25, 0.3) is 0 Å². The molecule has 1 atom stereocenters. The van der Waals surface area contributed by atoms with E-state index in [4.69, 9.17) is 9.47 Å². The second-order valence-corrected chi connectivity index (χ2v) is 7.99. The summed E-state index contributed by atoms with van der Waals surface area (Å²) >= 11 is 0. The molecule has 0 saturated heterocycles. The van der Waals surface area contributed by atoms with Crippen molar-refractivity contribution in [2.24, 2.45) is 11.8 Å². The third-order valence-corrected chi connectivity index (χ3v) is 6.44. The number of benzene rings is 3. The fraction of sp³-hybridized carbons (Fsp3) is 0.259. The van der Waals surface area contributed by atoms with E-state index < -0.39 is 23.3 Å². The average molecular weight is 415 g/mol. The SMILES string of the molecule is COC(=O)C(C(=O)OC)C1Cc2ccccc2C(c2ccccc2)(c2ccccc2)C1. The molecule has 1 unspecified atom stereocenters. The van der Waals surface area contributed by atoms with Crippen LogP contribution in [0, 0.1) is 11.8 Å². The molecule has 0 bridgehead atoms. The van der Waals surface area contributed by atoms with Gasteiger partial charge >= 0.3 is 11.9 Å². The maximum Gasteiger partial charge on any atom is 0.320 e. The number of hydrogen-bond donors (Lipinski definition) is 0. The van der Waals surface area contributed by atoms with Gasteiger partial charge in [0.2, 0.25) is 0 Å². The van der Waals surface area contributed by atoms with Crippen molar-refractivity contribution < 1.29 is 19.1 Å². The van der Waals surface area contributed by atoms with Crippen molar-refractivity contribution in [3.63, 3.8) is 0 Å². The molecule has 4 heteroatoms. The van der Waals surface area contributed by atoms with E-state index in [9.17, 15) is 9.59 Å². The van der Waals surface area contributed by atoms with Gasteiger partial charge < -0.3 is 9.47 Å². The fourth-order valence-corrected chi connectivity index (χ4v) is 5.10. The zero-order valence-electron chi connectivity index (χ0n) is 17.8. The predicted molar refractivity (Wildman–Crippen MR) is 119 cm³/mol. The van der Waals surface area contributed by atoms with Crippen molar-refractivity contribution in [3.8, 4) is 0 Å². The lowest BCUT2D eigenvalue weighted by Gasteiger charge is -2.45. The normalized spacial score (nSPS) is 16.9. The van der Waals surface area contributed by atoms with Gasteiger partial charge in [0.15, 0.2) is 5.92 Å². The summed E-state index contributed by atoms with van der Waals surface area (Å²) < 4.78 is 10.0. The number of fused-ring (bicyclic) bond motifs is 1. The Balaban J connectivity index is 1.97. The van der Waals surface area contributed by atoms with Crippen molar-refractivity contribution >= 4 is 11.9 Å². The van der Waals surface area contributed by atoms with Crippen molar-refractivity contribution in [1.82, 2.24) is 0 Å². The van der Waals surface area contributed by atoms with Crippen LogP contribution in [-0.4, -0.2) is 26.2 Å². The Bertz CT molecular complexity index is 1000. The fourth-order valence-electron chi connectivity index (χ4n) is 5.10. The number of ether oxygens (including phenoxy) is 2. The van der Waals surface area contributed by atoms with Crippen molar-refractivity contribution in [2.45, 2.75) is 18.3 Å². The van der Waals surface area contributed by atoms with Gasteiger partial charge in [0.25, 0.3) is 0 Å². The van der Waals surface area contributed by atoms with E-state index in [1.807, 2.05) is 42.5 Å². The second kappa shape index (κ2) is 8.76. The third kappa shape index (κ3) is 3.63. The summed E-state index contributed by atoms with van der Waals surface area (Å²) in [6.07, 6.45) is 1.19. The molecule has 0 aliphatic heterocycles. The molecule has 4 nitrogen and oxygen atoms in total. The Morgan fingerprint density at radius 1 is 0.774 bits per heavy atom. The summed E-state index contributed by atoms with van der Waals surface area (Å²) in [5.74, 6) is -2.34. The van der Waals surface area contributed by atoms with Crippen molar-refractivity contribution in [2.75, 3.05) is 14.2 Å². The highest BCUT2D eigenvalue weighted by Crippen LogP contribution is 2.51. The Morgan fingerprint density at radius 3 is 1.77 bits per heavy atom. The maximum absolute atomic E-state index is 12.7. The second-order valence-electron chi connectivity index (χ2n) is 7.99. The molecule has 1 aliphatic carbocycles. The highest BCUT2D eigenvalue weighted by atomic mass is 16.5. The van der Waals surface area contributed by atoms with E-state index in [1.54, 1.807) is 0 Å². The highest BCUT2D eigenvalue weighted by Gasteiger charge is 2.48. The van der Waals surface area contributed by atoms with Gasteiger partial charge in [0, 0.05) is 5.41 Å². The monoisotopic (exact) mass is 414 g/mol. The van der Waals surface area contributed by atoms with E-state index >= 15 is 0 Å². The predicted octanol–water partition coefficient (Wildman–Crippen LogP) is 4.55. The Labute approximate surface area is 182 Å². The molecule has 0 saturated carbocycles. The molecule has 3 aromatic carbocycles. The molecule has 0 heterocycles. The number of methoxy groups -OCH3 is 2. The van der Waals surface area contributed by atoms with E-state index in [1.165, 1.54) is 19.8 Å². The molecule has 158 valence electrons. The Morgan fingerprint density at radius 2 is 1.26 bits per heavy atom. The molecule has 0 fully saturated rings. The summed E-state index contributed by atoms with van der Waals surface area (Å²) in [6, 6.07) is 28.9. The van der Waals surface area contributed by atoms with Gasteiger partial charge in [-0.05, 0) is 41.0 Å². The largest absolute Gasteiger partial charge is 0.468 e. The van der Waals surface area contributed by atoms with Crippen molar-refractivity contribution in [1.29, 1.82) is 0 Å². The van der Waals surface area contributed by atoms with E-state index in [2.05, 4.69) is 42.5 Å². The topological polar surface area (TPSA) is 52.6 Å². The number of carbonyl (C=O) groups excluding carboxylic acids is 2. The van der Waals surface area contributed by atoms with Crippen LogP contribution in [0.4, 0.5) is 0 Å².